The lowest BCUT2D eigenvalue weighted by Crippen LogP contribution is -2.68. The second kappa shape index (κ2) is 10.2. The minimum Gasteiger partial charge on any atom is -0.397 e. The van der Waals surface area contributed by atoms with E-state index in [1.807, 2.05) is 0 Å². The van der Waals surface area contributed by atoms with Crippen molar-refractivity contribution in [3.05, 3.63) is 0 Å². The fourth-order valence-electron chi connectivity index (χ4n) is 2.24. The Hall–Kier alpha value is -0.773. The molecule has 0 radical (unpaired) electrons. The molecule has 0 heterocycles. The summed E-state index contributed by atoms with van der Waals surface area (Å²) in [7, 11) is -3.56. The Morgan fingerprint density at radius 1 is 0.667 bits per heavy atom. The Morgan fingerprint density at radius 2 is 1.00 bits per heavy atom. The highest BCUT2D eigenvalue weighted by Crippen LogP contribution is 2.57. The fraction of sp³-hybridized carbons (Fsp3) is 1.00. The molecule has 0 aromatic rings. The minimum absolute atomic E-state index is 0.279. The molecule has 0 bridgehead atoms. The Balaban J connectivity index is 6.09. The maximum Gasteiger partial charge on any atom is 0.381 e. The summed E-state index contributed by atoms with van der Waals surface area (Å²) in [6.07, 6.45) is -18.9. The molecule has 30 heavy (non-hydrogen) atoms. The van der Waals surface area contributed by atoms with Gasteiger partial charge >= 0.3 is 33.0 Å². The van der Waals surface area contributed by atoms with E-state index < -0.39 is 63.5 Å². The molecule has 0 aromatic heterocycles. The standard InChI is InChI=1S/C14H19F13O2Si/c1-4-28-30(29-5-2)6(3)8(16)11(20,21)13(24,25)14(26,27)12(22,23)9(17)7(15)10(18)19/h6-10,30H,4-5H2,1-3H3. The predicted molar refractivity (Wildman–Crippen MR) is 80.3 cm³/mol. The van der Waals surface area contributed by atoms with Crippen molar-refractivity contribution >= 4 is 9.28 Å². The lowest BCUT2D eigenvalue weighted by molar-refractivity contribution is -0.387. The van der Waals surface area contributed by atoms with Gasteiger partial charge in [0.1, 0.15) is 0 Å². The van der Waals surface area contributed by atoms with Crippen molar-refractivity contribution in [2.24, 2.45) is 0 Å². The van der Waals surface area contributed by atoms with Crippen molar-refractivity contribution in [2.45, 2.75) is 74.9 Å². The van der Waals surface area contributed by atoms with Crippen LogP contribution >= 0.6 is 0 Å². The molecule has 0 aliphatic rings. The normalized spacial score (nSPS) is 18.6. The van der Waals surface area contributed by atoms with Crippen molar-refractivity contribution < 1.29 is 65.9 Å². The summed E-state index contributed by atoms with van der Waals surface area (Å²) in [5, 5.41) is 0. The van der Waals surface area contributed by atoms with Gasteiger partial charge in [0, 0.05) is 18.8 Å². The van der Waals surface area contributed by atoms with Crippen LogP contribution in [0.2, 0.25) is 5.54 Å². The first-order valence-corrected chi connectivity index (χ1v) is 9.91. The summed E-state index contributed by atoms with van der Waals surface area (Å²) in [4.78, 5) is 0. The zero-order valence-corrected chi connectivity index (χ0v) is 16.8. The van der Waals surface area contributed by atoms with E-state index in [-0.39, 0.29) is 13.2 Å². The topological polar surface area (TPSA) is 18.5 Å². The smallest absolute Gasteiger partial charge is 0.381 e. The maximum absolute atomic E-state index is 14.2. The molecule has 0 rings (SSSR count). The number of rotatable bonds is 13. The van der Waals surface area contributed by atoms with Gasteiger partial charge in [0.25, 0.3) is 6.43 Å². The molecule has 16 heteroatoms. The Bertz CT molecular complexity index is 528. The maximum atomic E-state index is 14.2. The highest BCUT2D eigenvalue weighted by molar-refractivity contribution is 6.46. The third kappa shape index (κ3) is 5.16. The molecule has 4 unspecified atom stereocenters. The Morgan fingerprint density at radius 3 is 1.30 bits per heavy atom. The van der Waals surface area contributed by atoms with Crippen molar-refractivity contribution in [2.75, 3.05) is 13.2 Å². The monoisotopic (exact) mass is 494 g/mol. The van der Waals surface area contributed by atoms with E-state index in [1.165, 1.54) is 13.8 Å². The summed E-state index contributed by atoms with van der Waals surface area (Å²) >= 11 is 0. The number of alkyl halides is 13. The van der Waals surface area contributed by atoms with Crippen molar-refractivity contribution in [3.8, 4) is 0 Å². The molecule has 0 saturated heterocycles. The molecule has 0 fully saturated rings. The third-order valence-electron chi connectivity index (χ3n) is 4.00. The molecule has 0 aromatic carbocycles. The van der Waals surface area contributed by atoms with Gasteiger partial charge in [-0.2, -0.15) is 35.1 Å². The van der Waals surface area contributed by atoms with Crippen LogP contribution in [0.4, 0.5) is 57.1 Å². The van der Waals surface area contributed by atoms with Crippen molar-refractivity contribution in [1.82, 2.24) is 0 Å². The van der Waals surface area contributed by atoms with Gasteiger partial charge in [-0.15, -0.1) is 0 Å². The van der Waals surface area contributed by atoms with Gasteiger partial charge in [0.2, 0.25) is 6.17 Å². The summed E-state index contributed by atoms with van der Waals surface area (Å²) in [6, 6.07) is 0. The van der Waals surface area contributed by atoms with Gasteiger partial charge in [-0.25, -0.2) is 22.0 Å². The highest BCUT2D eigenvalue weighted by atomic mass is 28.3. The Kier molecular flexibility index (Phi) is 9.97. The van der Waals surface area contributed by atoms with Gasteiger partial charge in [0.15, 0.2) is 12.3 Å². The number of hydrogen-bond donors (Lipinski definition) is 0. The first-order chi connectivity index (χ1) is 13.4. The largest absolute Gasteiger partial charge is 0.397 e. The molecule has 0 aliphatic heterocycles. The van der Waals surface area contributed by atoms with E-state index in [4.69, 9.17) is 8.85 Å². The van der Waals surface area contributed by atoms with Gasteiger partial charge in [-0.1, -0.05) is 6.92 Å². The molecule has 0 aliphatic carbocycles. The van der Waals surface area contributed by atoms with Crippen molar-refractivity contribution in [3.63, 3.8) is 0 Å². The number of halogens is 13. The van der Waals surface area contributed by atoms with Gasteiger partial charge in [-0.05, 0) is 13.8 Å². The van der Waals surface area contributed by atoms with Gasteiger partial charge in [-0.3, -0.25) is 0 Å². The van der Waals surface area contributed by atoms with E-state index in [0.29, 0.717) is 6.92 Å². The summed E-state index contributed by atoms with van der Waals surface area (Å²) in [5.74, 6) is -28.4. The quantitative estimate of drug-likeness (QED) is 0.249. The van der Waals surface area contributed by atoms with Crippen LogP contribution in [0.15, 0.2) is 0 Å². The Labute approximate surface area is 164 Å². The van der Waals surface area contributed by atoms with Crippen molar-refractivity contribution in [1.29, 1.82) is 0 Å². The highest BCUT2D eigenvalue weighted by Gasteiger charge is 2.85. The summed E-state index contributed by atoms with van der Waals surface area (Å²) in [5.41, 5.74) is -2.30. The van der Waals surface area contributed by atoms with E-state index in [9.17, 15) is 57.1 Å². The van der Waals surface area contributed by atoms with Crippen LogP contribution in [0, 0.1) is 0 Å². The molecule has 0 N–H and O–H groups in total. The van der Waals surface area contributed by atoms with E-state index >= 15 is 0 Å². The molecule has 0 saturated carbocycles. The van der Waals surface area contributed by atoms with Crippen LogP contribution in [-0.2, 0) is 8.85 Å². The van der Waals surface area contributed by atoms with E-state index in [0.717, 1.165) is 0 Å². The lowest BCUT2D eigenvalue weighted by atomic mass is 9.91. The second-order valence-corrected chi connectivity index (χ2v) is 8.57. The molecule has 2 nitrogen and oxygen atoms in total. The predicted octanol–water partition coefficient (Wildman–Crippen LogP) is 5.49. The molecular weight excluding hydrogens is 475 g/mol. The van der Waals surface area contributed by atoms with Crippen LogP contribution in [0.1, 0.15) is 20.8 Å². The summed E-state index contributed by atoms with van der Waals surface area (Å²) < 4.78 is 183. The van der Waals surface area contributed by atoms with Crippen LogP contribution < -0.4 is 0 Å². The first-order valence-electron chi connectivity index (χ1n) is 8.30. The zero-order valence-electron chi connectivity index (χ0n) is 15.6. The molecule has 0 spiro atoms. The van der Waals surface area contributed by atoms with E-state index in [1.54, 1.807) is 0 Å². The SMILES string of the molecule is CCO[SiH](OCC)C(C)C(F)C(F)(F)C(F)(F)C(F)(F)C(F)(F)C(F)C(F)C(F)F. The van der Waals surface area contributed by atoms with Crippen LogP contribution in [-0.4, -0.2) is 71.1 Å². The van der Waals surface area contributed by atoms with Crippen LogP contribution in [0.3, 0.4) is 0 Å². The fourth-order valence-corrected chi connectivity index (χ4v) is 4.12. The second-order valence-electron chi connectivity index (χ2n) is 6.12. The molecule has 182 valence electrons. The van der Waals surface area contributed by atoms with Gasteiger partial charge in [0.05, 0.1) is 0 Å². The average molecular weight is 494 g/mol. The average Bonchev–Trinajstić information content (AvgIpc) is 2.64. The summed E-state index contributed by atoms with van der Waals surface area (Å²) in [6.45, 7) is 2.51. The number of hydrogen-bond acceptors (Lipinski definition) is 2. The lowest BCUT2D eigenvalue weighted by Gasteiger charge is -2.40. The first kappa shape index (κ1) is 29.2. The molecular formula is C14H19F13O2Si. The third-order valence-corrected chi connectivity index (χ3v) is 6.52. The van der Waals surface area contributed by atoms with Crippen LogP contribution in [0.25, 0.3) is 0 Å². The minimum atomic E-state index is -7.46. The zero-order chi connectivity index (χ0) is 24.3. The molecule has 4 atom stereocenters. The van der Waals surface area contributed by atoms with E-state index in [2.05, 4.69) is 0 Å². The molecule has 0 amide bonds. The van der Waals surface area contributed by atoms with Gasteiger partial charge < -0.3 is 8.85 Å². The van der Waals surface area contributed by atoms with Crippen LogP contribution in [0.5, 0.6) is 0 Å².